The van der Waals surface area contributed by atoms with Crippen LogP contribution >= 0.6 is 11.6 Å². The van der Waals surface area contributed by atoms with Crippen molar-refractivity contribution in [3.8, 4) is 0 Å². The number of aromatic amines is 1. The Labute approximate surface area is 170 Å². The fourth-order valence-corrected chi connectivity index (χ4v) is 3.72. The lowest BCUT2D eigenvalue weighted by Gasteiger charge is -2.33. The van der Waals surface area contributed by atoms with Gasteiger partial charge in [-0.1, -0.05) is 37.6 Å². The van der Waals surface area contributed by atoms with Crippen molar-refractivity contribution in [3.05, 3.63) is 62.8 Å². The van der Waals surface area contributed by atoms with Crippen LogP contribution in [0.2, 0.25) is 5.02 Å². The fourth-order valence-electron chi connectivity index (χ4n) is 3.60. The topological polar surface area (TPSA) is 78.1 Å². The highest BCUT2D eigenvalue weighted by molar-refractivity contribution is 6.30. The van der Waals surface area contributed by atoms with Gasteiger partial charge in [-0.3, -0.25) is 9.69 Å². The minimum atomic E-state index is -0.476. The Morgan fingerprint density at radius 1 is 1.36 bits per heavy atom. The molecule has 2 heterocycles. The maximum absolute atomic E-state index is 12.6. The van der Waals surface area contributed by atoms with Gasteiger partial charge in [-0.25, -0.2) is 4.79 Å². The average molecular weight is 403 g/mol. The van der Waals surface area contributed by atoms with E-state index < -0.39 is 5.69 Å². The molecule has 6 nitrogen and oxygen atoms in total. The summed E-state index contributed by atoms with van der Waals surface area (Å²) in [5.41, 5.74) is 1.66. The Morgan fingerprint density at radius 3 is 2.82 bits per heavy atom. The van der Waals surface area contributed by atoms with E-state index in [0.717, 1.165) is 43.2 Å². The van der Waals surface area contributed by atoms with Crippen molar-refractivity contribution in [2.45, 2.75) is 45.7 Å². The molecule has 7 heteroatoms. The van der Waals surface area contributed by atoms with E-state index in [0.29, 0.717) is 12.3 Å². The van der Waals surface area contributed by atoms with E-state index in [1.54, 1.807) is 6.07 Å². The number of nitrogens with zero attached hydrogens (tertiary/aromatic N) is 2. The highest BCUT2D eigenvalue weighted by Gasteiger charge is 2.23. The molecule has 1 aromatic carbocycles. The Bertz CT molecular complexity index is 863. The fraction of sp³-hybridized carbons (Fsp3) is 0.476. The monoisotopic (exact) mass is 402 g/mol. The van der Waals surface area contributed by atoms with Crippen LogP contribution in [0.15, 0.2) is 35.1 Å². The van der Waals surface area contributed by atoms with Gasteiger partial charge in [-0.2, -0.15) is 4.98 Å². The Hall–Kier alpha value is -2.18. The second kappa shape index (κ2) is 9.34. The molecule has 1 saturated heterocycles. The highest BCUT2D eigenvalue weighted by Crippen LogP contribution is 2.16. The van der Waals surface area contributed by atoms with Gasteiger partial charge in [-0.15, -0.1) is 0 Å². The predicted molar refractivity (Wildman–Crippen MR) is 111 cm³/mol. The van der Waals surface area contributed by atoms with Gasteiger partial charge in [0.2, 0.25) is 0 Å². The second-order valence-electron chi connectivity index (χ2n) is 7.87. The zero-order chi connectivity index (χ0) is 20.1. The minimum absolute atomic E-state index is 0.0446. The number of H-pyrrole nitrogens is 1. The molecule has 0 aliphatic carbocycles. The molecule has 1 atom stereocenters. The Balaban J connectivity index is 1.61. The molecule has 2 aromatic rings. The molecule has 0 unspecified atom stereocenters. The molecular weight excluding hydrogens is 376 g/mol. The second-order valence-corrected chi connectivity index (χ2v) is 8.31. The molecule has 1 aromatic heterocycles. The van der Waals surface area contributed by atoms with Crippen molar-refractivity contribution in [2.75, 3.05) is 13.1 Å². The summed E-state index contributed by atoms with van der Waals surface area (Å²) in [5.74, 6) is 0.100. The van der Waals surface area contributed by atoms with Gasteiger partial charge < -0.3 is 10.3 Å². The van der Waals surface area contributed by atoms with Crippen LogP contribution in [-0.4, -0.2) is 39.9 Å². The lowest BCUT2D eigenvalue weighted by Crippen LogP contribution is -2.47. The number of piperidine rings is 1. The molecule has 1 amide bonds. The summed E-state index contributed by atoms with van der Waals surface area (Å²) < 4.78 is 0. The molecule has 0 spiro atoms. The first-order chi connectivity index (χ1) is 13.4. The number of carbonyl (C=O) groups excluding carboxylic acids is 1. The summed E-state index contributed by atoms with van der Waals surface area (Å²) in [6.07, 6.45) is 2.64. The van der Waals surface area contributed by atoms with Gasteiger partial charge >= 0.3 is 5.69 Å². The number of carbonyl (C=O) groups is 1. The van der Waals surface area contributed by atoms with E-state index in [2.05, 4.69) is 34.0 Å². The van der Waals surface area contributed by atoms with E-state index in [-0.39, 0.29) is 17.6 Å². The lowest BCUT2D eigenvalue weighted by molar-refractivity contribution is 0.0895. The van der Waals surface area contributed by atoms with Gasteiger partial charge in [0.05, 0.1) is 0 Å². The molecule has 1 aliphatic rings. The Morgan fingerprint density at radius 2 is 2.11 bits per heavy atom. The van der Waals surface area contributed by atoms with Crippen LogP contribution in [-0.2, 0) is 13.0 Å². The maximum atomic E-state index is 12.6. The van der Waals surface area contributed by atoms with Crippen molar-refractivity contribution >= 4 is 17.5 Å². The van der Waals surface area contributed by atoms with Crippen LogP contribution in [0.4, 0.5) is 0 Å². The molecule has 0 radical (unpaired) electrons. The van der Waals surface area contributed by atoms with Crippen molar-refractivity contribution in [1.82, 2.24) is 20.2 Å². The van der Waals surface area contributed by atoms with Crippen LogP contribution in [0.25, 0.3) is 0 Å². The van der Waals surface area contributed by atoms with Crippen molar-refractivity contribution in [3.63, 3.8) is 0 Å². The van der Waals surface area contributed by atoms with E-state index in [4.69, 9.17) is 11.6 Å². The van der Waals surface area contributed by atoms with Crippen molar-refractivity contribution < 1.29 is 4.79 Å². The quantitative estimate of drug-likeness (QED) is 0.778. The molecule has 1 aliphatic heterocycles. The minimum Gasteiger partial charge on any atom is -0.347 e. The number of hydrogen-bond acceptors (Lipinski definition) is 4. The molecule has 2 N–H and O–H groups in total. The number of nitrogens with one attached hydrogen (secondary N) is 2. The summed E-state index contributed by atoms with van der Waals surface area (Å²) in [5, 5.41) is 3.78. The molecule has 28 heavy (non-hydrogen) atoms. The van der Waals surface area contributed by atoms with Gasteiger partial charge in [0, 0.05) is 29.8 Å². The summed E-state index contributed by atoms with van der Waals surface area (Å²) in [6.45, 7) is 6.73. The average Bonchev–Trinajstić information content (AvgIpc) is 2.63. The van der Waals surface area contributed by atoms with Gasteiger partial charge in [0.25, 0.3) is 5.91 Å². The van der Waals surface area contributed by atoms with Gasteiger partial charge in [0.1, 0.15) is 5.69 Å². The molecule has 150 valence electrons. The summed E-state index contributed by atoms with van der Waals surface area (Å²) in [7, 11) is 0. The SMILES string of the molecule is CC(C)Cc1cc(C(=O)N[C@@H]2CCCN(Cc3ccc(Cl)cc3)C2)nc(=O)[nH]1. The third-order valence-corrected chi connectivity index (χ3v) is 5.07. The van der Waals surface area contributed by atoms with E-state index in [1.165, 1.54) is 5.56 Å². The smallest absolute Gasteiger partial charge is 0.345 e. The third-order valence-electron chi connectivity index (χ3n) is 4.82. The summed E-state index contributed by atoms with van der Waals surface area (Å²) >= 11 is 5.95. The number of likely N-dealkylation sites (tertiary alicyclic amines) is 1. The number of halogens is 1. The standard InChI is InChI=1S/C21H27ClN4O2/c1-14(2)10-18-11-19(25-21(28)24-18)20(27)23-17-4-3-9-26(13-17)12-15-5-7-16(22)8-6-15/h5-8,11,14,17H,3-4,9-10,12-13H2,1-2H3,(H,23,27)(H,24,25,28)/t17-/m1/s1. The third kappa shape index (κ3) is 5.91. The molecule has 0 saturated carbocycles. The highest BCUT2D eigenvalue weighted by atomic mass is 35.5. The maximum Gasteiger partial charge on any atom is 0.345 e. The zero-order valence-electron chi connectivity index (χ0n) is 16.4. The van der Waals surface area contributed by atoms with Crippen LogP contribution < -0.4 is 11.0 Å². The lowest BCUT2D eigenvalue weighted by atomic mass is 10.0. The number of amides is 1. The number of aromatic nitrogens is 2. The van der Waals surface area contributed by atoms with Gasteiger partial charge in [0.15, 0.2) is 0 Å². The number of hydrogen-bond donors (Lipinski definition) is 2. The van der Waals surface area contributed by atoms with E-state index >= 15 is 0 Å². The van der Waals surface area contributed by atoms with Crippen molar-refractivity contribution in [2.24, 2.45) is 5.92 Å². The first kappa shape index (κ1) is 20.6. The van der Waals surface area contributed by atoms with Crippen LogP contribution in [0, 0.1) is 5.92 Å². The molecule has 3 rings (SSSR count). The summed E-state index contributed by atoms with van der Waals surface area (Å²) in [6, 6.07) is 9.58. The normalized spacial score (nSPS) is 17.6. The van der Waals surface area contributed by atoms with Crippen molar-refractivity contribution in [1.29, 1.82) is 0 Å². The molecule has 1 fully saturated rings. The number of rotatable bonds is 6. The van der Waals surface area contributed by atoms with Crippen LogP contribution in [0.3, 0.4) is 0 Å². The van der Waals surface area contributed by atoms with E-state index in [1.807, 2.05) is 24.3 Å². The number of benzene rings is 1. The molecular formula is C21H27ClN4O2. The largest absolute Gasteiger partial charge is 0.347 e. The molecule has 0 bridgehead atoms. The summed E-state index contributed by atoms with van der Waals surface area (Å²) in [4.78, 5) is 33.3. The van der Waals surface area contributed by atoms with Gasteiger partial charge in [-0.05, 0) is 55.5 Å². The van der Waals surface area contributed by atoms with E-state index in [9.17, 15) is 9.59 Å². The first-order valence-electron chi connectivity index (χ1n) is 9.77. The Kier molecular flexibility index (Phi) is 6.86. The van der Waals surface area contributed by atoms with Crippen LogP contribution in [0.5, 0.6) is 0 Å². The first-order valence-corrected chi connectivity index (χ1v) is 10.1. The predicted octanol–water partition coefficient (Wildman–Crippen LogP) is 3.02. The van der Waals surface area contributed by atoms with Crippen LogP contribution in [0.1, 0.15) is 48.4 Å². The zero-order valence-corrected chi connectivity index (χ0v) is 17.1.